The quantitative estimate of drug-likeness (QED) is 0.435. The first-order chi connectivity index (χ1) is 22.1. The van der Waals surface area contributed by atoms with Crippen molar-refractivity contribution in [1.82, 2.24) is 29.8 Å². The van der Waals surface area contributed by atoms with Crippen molar-refractivity contribution in [3.05, 3.63) is 89.7 Å². The van der Waals surface area contributed by atoms with Crippen LogP contribution in [0.25, 0.3) is 0 Å². The zero-order chi connectivity index (χ0) is 32.1. The van der Waals surface area contributed by atoms with E-state index in [1.807, 2.05) is 70.5 Å². The molecule has 0 radical (unpaired) electrons. The zero-order valence-electron chi connectivity index (χ0n) is 26.6. The van der Waals surface area contributed by atoms with Gasteiger partial charge in [0.2, 0.25) is 11.8 Å². The Morgan fingerprint density at radius 3 is 2.07 bits per heavy atom. The monoisotopic (exact) mass is 622 g/mol. The summed E-state index contributed by atoms with van der Waals surface area (Å²) in [6.07, 6.45) is 5.61. The van der Waals surface area contributed by atoms with Crippen molar-refractivity contribution >= 4 is 23.6 Å². The predicted molar refractivity (Wildman–Crippen MR) is 172 cm³/mol. The summed E-state index contributed by atoms with van der Waals surface area (Å²) in [6.45, 7) is 7.65. The van der Waals surface area contributed by atoms with Crippen LogP contribution in [0, 0.1) is 22.7 Å². The fourth-order valence-corrected chi connectivity index (χ4v) is 7.59. The minimum absolute atomic E-state index is 0.0134. The Kier molecular flexibility index (Phi) is 7.69. The Morgan fingerprint density at radius 1 is 0.804 bits per heavy atom. The Bertz CT molecular complexity index is 1620. The lowest BCUT2D eigenvalue weighted by Gasteiger charge is -2.50. The van der Waals surface area contributed by atoms with Gasteiger partial charge in [0, 0.05) is 68.4 Å². The number of carbonyl (C=O) groups excluding carboxylic acids is 4. The van der Waals surface area contributed by atoms with Gasteiger partial charge in [-0.2, -0.15) is 5.10 Å². The lowest BCUT2D eigenvalue weighted by molar-refractivity contribution is -0.151. The van der Waals surface area contributed by atoms with E-state index in [9.17, 15) is 19.2 Å². The molecule has 3 aromatic rings. The number of rotatable bonds is 7. The van der Waals surface area contributed by atoms with E-state index in [0.29, 0.717) is 69.8 Å². The SMILES string of the molecule is CC1(C)C[C@@H]1C(=O)N1CC2(CN(C(=O)c3cnn(Cc4ccccc4)c3)C[C@@H]2C(=O)NC2CCN(C(=O)c3ccccc3)CC2)C1. The van der Waals surface area contributed by atoms with Crippen LogP contribution in [0.4, 0.5) is 0 Å². The van der Waals surface area contributed by atoms with Crippen LogP contribution in [0.5, 0.6) is 0 Å². The third kappa shape index (κ3) is 5.81. The van der Waals surface area contributed by atoms with Crippen molar-refractivity contribution in [2.75, 3.05) is 39.3 Å². The van der Waals surface area contributed by atoms with Gasteiger partial charge in [-0.1, -0.05) is 62.4 Å². The third-order valence-corrected chi connectivity index (χ3v) is 10.6. The number of piperidine rings is 1. The van der Waals surface area contributed by atoms with E-state index < -0.39 is 11.3 Å². The van der Waals surface area contributed by atoms with Gasteiger partial charge in [-0.25, -0.2) is 0 Å². The van der Waals surface area contributed by atoms with Gasteiger partial charge in [0.1, 0.15) is 0 Å². The summed E-state index contributed by atoms with van der Waals surface area (Å²) in [4.78, 5) is 59.4. The first kappa shape index (κ1) is 30.2. The van der Waals surface area contributed by atoms with E-state index in [1.165, 1.54) is 0 Å². The van der Waals surface area contributed by atoms with E-state index in [-0.39, 0.29) is 41.0 Å². The highest BCUT2D eigenvalue weighted by Gasteiger charge is 2.62. The van der Waals surface area contributed by atoms with Crippen LogP contribution >= 0.6 is 0 Å². The maximum absolute atomic E-state index is 13.9. The number of likely N-dealkylation sites (tertiary alicyclic amines) is 3. The van der Waals surface area contributed by atoms with Crippen molar-refractivity contribution in [3.63, 3.8) is 0 Å². The molecule has 10 nitrogen and oxygen atoms in total. The molecule has 0 bridgehead atoms. The highest BCUT2D eigenvalue weighted by atomic mass is 16.2. The number of nitrogens with one attached hydrogen (secondary N) is 1. The minimum atomic E-state index is -0.474. The predicted octanol–water partition coefficient (Wildman–Crippen LogP) is 3.30. The van der Waals surface area contributed by atoms with Crippen LogP contribution < -0.4 is 5.32 Å². The van der Waals surface area contributed by atoms with Crippen molar-refractivity contribution < 1.29 is 19.2 Å². The Balaban J connectivity index is 1.02. The van der Waals surface area contributed by atoms with Crippen molar-refractivity contribution in [2.24, 2.45) is 22.7 Å². The Labute approximate surface area is 269 Å². The van der Waals surface area contributed by atoms with Crippen molar-refractivity contribution in [3.8, 4) is 0 Å². The molecule has 3 aliphatic heterocycles. The van der Waals surface area contributed by atoms with Crippen molar-refractivity contribution in [2.45, 2.75) is 45.7 Å². The zero-order valence-corrected chi connectivity index (χ0v) is 26.6. The van der Waals surface area contributed by atoms with Crippen LogP contribution in [0.3, 0.4) is 0 Å². The van der Waals surface area contributed by atoms with Crippen LogP contribution in [0.15, 0.2) is 73.1 Å². The highest BCUT2D eigenvalue weighted by molar-refractivity contribution is 5.95. The number of amides is 4. The maximum Gasteiger partial charge on any atom is 0.257 e. The molecule has 2 aromatic carbocycles. The molecule has 7 rings (SSSR count). The highest BCUT2D eigenvalue weighted by Crippen LogP contribution is 2.54. The molecule has 1 saturated carbocycles. The standard InChI is InChI=1S/C36H42N6O4/c1-35(2)17-29(35)34(46)41-23-36(24-41)22-40(33(45)27-18-37-42(20-27)19-25-9-5-3-6-10-25)21-30(36)31(43)38-28-13-15-39(16-14-28)32(44)26-11-7-4-8-12-26/h3-12,18,20,28-30H,13-17,19,21-24H2,1-2H3,(H,38,43)/t29-,30-/m1/s1. The number of hydrogen-bond acceptors (Lipinski definition) is 5. The summed E-state index contributed by atoms with van der Waals surface area (Å²) in [5, 5.41) is 7.70. The largest absolute Gasteiger partial charge is 0.353 e. The van der Waals surface area contributed by atoms with Gasteiger partial charge in [0.05, 0.1) is 24.2 Å². The minimum Gasteiger partial charge on any atom is -0.353 e. The smallest absolute Gasteiger partial charge is 0.257 e. The van der Waals surface area contributed by atoms with Gasteiger partial charge in [0.25, 0.3) is 11.8 Å². The topological polar surface area (TPSA) is 108 Å². The van der Waals surface area contributed by atoms with Gasteiger partial charge in [-0.05, 0) is 42.4 Å². The first-order valence-corrected chi connectivity index (χ1v) is 16.4. The van der Waals surface area contributed by atoms with E-state index in [2.05, 4.69) is 24.3 Å². The first-order valence-electron chi connectivity index (χ1n) is 16.4. The number of nitrogens with zero attached hydrogens (tertiary/aromatic N) is 5. The summed E-state index contributed by atoms with van der Waals surface area (Å²) in [6, 6.07) is 19.2. The maximum atomic E-state index is 13.9. The summed E-state index contributed by atoms with van der Waals surface area (Å²) in [5.41, 5.74) is 1.82. The second-order valence-corrected chi connectivity index (χ2v) is 14.4. The summed E-state index contributed by atoms with van der Waals surface area (Å²) >= 11 is 0. The second-order valence-electron chi connectivity index (χ2n) is 14.4. The summed E-state index contributed by atoms with van der Waals surface area (Å²) in [7, 11) is 0. The number of hydrogen-bond donors (Lipinski definition) is 1. The summed E-state index contributed by atoms with van der Waals surface area (Å²) < 4.78 is 1.76. The second kappa shape index (κ2) is 11.7. The molecule has 4 aliphatic rings. The molecular weight excluding hydrogens is 580 g/mol. The molecule has 4 amide bonds. The fourth-order valence-electron chi connectivity index (χ4n) is 7.59. The molecule has 3 saturated heterocycles. The molecule has 1 aliphatic carbocycles. The average Bonchev–Trinajstić information content (AvgIpc) is 3.36. The molecule has 2 atom stereocenters. The van der Waals surface area contributed by atoms with Crippen LogP contribution in [-0.2, 0) is 16.1 Å². The Hall–Kier alpha value is -4.47. The molecule has 240 valence electrons. The average molecular weight is 623 g/mol. The molecule has 1 aromatic heterocycles. The molecular formula is C36H42N6O4. The molecule has 0 unspecified atom stereocenters. The van der Waals surface area contributed by atoms with Gasteiger partial charge >= 0.3 is 0 Å². The molecule has 1 N–H and O–H groups in total. The fraction of sp³-hybridized carbons (Fsp3) is 0.472. The van der Waals surface area contributed by atoms with Crippen molar-refractivity contribution in [1.29, 1.82) is 0 Å². The molecule has 1 spiro atoms. The normalized spacial score (nSPS) is 23.2. The molecule has 10 heteroatoms. The number of benzene rings is 2. The Morgan fingerprint density at radius 2 is 1.41 bits per heavy atom. The molecule has 46 heavy (non-hydrogen) atoms. The van der Waals surface area contributed by atoms with E-state index in [4.69, 9.17) is 0 Å². The lowest BCUT2D eigenvalue weighted by Crippen LogP contribution is -2.65. The van der Waals surface area contributed by atoms with E-state index >= 15 is 0 Å². The number of carbonyl (C=O) groups is 4. The van der Waals surface area contributed by atoms with Crippen LogP contribution in [0.2, 0.25) is 0 Å². The van der Waals surface area contributed by atoms with Gasteiger partial charge in [0.15, 0.2) is 0 Å². The number of aromatic nitrogens is 2. The van der Waals surface area contributed by atoms with E-state index in [0.717, 1.165) is 12.0 Å². The summed E-state index contributed by atoms with van der Waals surface area (Å²) in [5.74, 6) is -0.417. The van der Waals surface area contributed by atoms with Gasteiger partial charge in [-0.3, -0.25) is 23.9 Å². The van der Waals surface area contributed by atoms with Gasteiger partial charge < -0.3 is 20.0 Å². The third-order valence-electron chi connectivity index (χ3n) is 10.6. The molecule has 4 fully saturated rings. The molecule has 4 heterocycles. The van der Waals surface area contributed by atoms with Gasteiger partial charge in [-0.15, -0.1) is 0 Å². The lowest BCUT2D eigenvalue weighted by atomic mass is 9.70. The van der Waals surface area contributed by atoms with Crippen LogP contribution in [0.1, 0.15) is 59.4 Å². The van der Waals surface area contributed by atoms with Crippen LogP contribution in [-0.4, -0.2) is 93.4 Å². The van der Waals surface area contributed by atoms with E-state index in [1.54, 1.807) is 22.0 Å².